The number of hydrogen-bond donors (Lipinski definition) is 3. The van der Waals surface area contributed by atoms with Crippen molar-refractivity contribution in [1.29, 1.82) is 0 Å². The first-order chi connectivity index (χ1) is 19.7. The Hall–Kier alpha value is -4.03. The number of aliphatic hydroxyl groups is 1. The molecule has 3 amide bonds. The van der Waals surface area contributed by atoms with Crippen molar-refractivity contribution in [1.82, 2.24) is 25.2 Å². The number of carbonyl (C=O) groups is 3. The fourth-order valence-electron chi connectivity index (χ4n) is 7.09. The number of amides is 3. The number of aliphatic hydroxyl groups excluding tert-OH is 1. The van der Waals surface area contributed by atoms with Gasteiger partial charge in [0.25, 0.3) is 0 Å². The maximum absolute atomic E-state index is 13.9. The van der Waals surface area contributed by atoms with Gasteiger partial charge in [0.05, 0.1) is 36.2 Å². The minimum Gasteiger partial charge on any atom is -0.494 e. The Labute approximate surface area is 237 Å². The molecule has 3 aliphatic heterocycles. The molecule has 2 aromatic carbocycles. The van der Waals surface area contributed by atoms with Crippen molar-refractivity contribution in [3.05, 3.63) is 48.5 Å². The van der Waals surface area contributed by atoms with Crippen LogP contribution in [0, 0.1) is 17.8 Å². The van der Waals surface area contributed by atoms with Crippen molar-refractivity contribution in [2.75, 3.05) is 25.1 Å². The van der Waals surface area contributed by atoms with Crippen molar-refractivity contribution in [3.8, 4) is 5.75 Å². The van der Waals surface area contributed by atoms with E-state index in [-0.39, 0.29) is 37.6 Å². The first-order valence-corrected chi connectivity index (χ1v) is 13.9. The Balaban J connectivity index is 1.28. The number of carbonyl (C=O) groups excluding carboxylic acids is 3. The lowest BCUT2D eigenvalue weighted by Gasteiger charge is -2.36. The lowest BCUT2D eigenvalue weighted by atomic mass is 9.62. The standard InChI is InChI=1S/C29H34N6O6/c1-4-40-19-11-9-18(10-12-19)31-25(37)22-23-27(39)34(13-14-36)24(29(23)15-17(2)28(22,3)41-29)26(38)30-16-35-21-8-6-5-7-20(21)32-33-35/h5-12,17,22-24,36H,4,13-16H2,1-3H3,(H,30,38)(H,31,37)/t17?,22-,23+,24?,28+,29?/m1/s1. The van der Waals surface area contributed by atoms with Gasteiger partial charge < -0.3 is 30.1 Å². The summed E-state index contributed by atoms with van der Waals surface area (Å²) in [7, 11) is 0. The number of ether oxygens (including phenoxy) is 2. The average molecular weight is 563 g/mol. The zero-order chi connectivity index (χ0) is 28.9. The van der Waals surface area contributed by atoms with Crippen LogP contribution in [0.1, 0.15) is 27.2 Å². The highest BCUT2D eigenvalue weighted by Crippen LogP contribution is 2.65. The van der Waals surface area contributed by atoms with Gasteiger partial charge in [-0.15, -0.1) is 5.10 Å². The number of rotatable bonds is 9. The highest BCUT2D eigenvalue weighted by Gasteiger charge is 2.79. The smallest absolute Gasteiger partial charge is 0.247 e. The molecule has 3 aromatic rings. The van der Waals surface area contributed by atoms with Crippen LogP contribution in [0.5, 0.6) is 5.75 Å². The molecule has 41 heavy (non-hydrogen) atoms. The Kier molecular flexibility index (Phi) is 6.69. The van der Waals surface area contributed by atoms with Crippen LogP contribution < -0.4 is 15.4 Å². The summed E-state index contributed by atoms with van der Waals surface area (Å²) in [4.78, 5) is 43.0. The zero-order valence-corrected chi connectivity index (χ0v) is 23.2. The Morgan fingerprint density at radius 1 is 1.17 bits per heavy atom. The number of para-hydroxylation sites is 1. The van der Waals surface area contributed by atoms with Crippen LogP contribution in [0.15, 0.2) is 48.5 Å². The summed E-state index contributed by atoms with van der Waals surface area (Å²) >= 11 is 0. The fourth-order valence-corrected chi connectivity index (χ4v) is 7.09. The average Bonchev–Trinajstić information content (AvgIpc) is 3.62. The van der Waals surface area contributed by atoms with Crippen molar-refractivity contribution in [2.24, 2.45) is 17.8 Å². The normalized spacial score (nSPS) is 30.0. The summed E-state index contributed by atoms with van der Waals surface area (Å²) in [6.07, 6.45) is 0.430. The SMILES string of the molecule is CCOc1ccc(NC(=O)[C@H]2[C@H]3C(=O)N(CCO)C(C(=O)NCn4nnc5ccccc54)C34CC(C)[C@]2(C)O4)cc1. The van der Waals surface area contributed by atoms with E-state index in [1.54, 1.807) is 28.9 Å². The van der Waals surface area contributed by atoms with Gasteiger partial charge in [-0.2, -0.15) is 0 Å². The first kappa shape index (κ1) is 27.2. The number of nitrogens with one attached hydrogen (secondary N) is 2. The van der Waals surface area contributed by atoms with Gasteiger partial charge in [-0.1, -0.05) is 24.3 Å². The van der Waals surface area contributed by atoms with Gasteiger partial charge >= 0.3 is 0 Å². The summed E-state index contributed by atoms with van der Waals surface area (Å²) in [6.45, 7) is 5.91. The monoisotopic (exact) mass is 562 g/mol. The molecule has 216 valence electrons. The molecule has 0 aliphatic carbocycles. The highest BCUT2D eigenvalue weighted by atomic mass is 16.5. The molecule has 1 spiro atoms. The van der Waals surface area contributed by atoms with Crippen LogP contribution in [0.2, 0.25) is 0 Å². The quantitative estimate of drug-likeness (QED) is 0.356. The van der Waals surface area contributed by atoms with E-state index in [2.05, 4.69) is 20.9 Å². The van der Waals surface area contributed by atoms with Gasteiger partial charge in [0.2, 0.25) is 17.7 Å². The zero-order valence-electron chi connectivity index (χ0n) is 23.2. The minimum atomic E-state index is -1.21. The largest absolute Gasteiger partial charge is 0.494 e. The van der Waals surface area contributed by atoms with Crippen molar-refractivity contribution in [2.45, 2.75) is 51.1 Å². The number of benzene rings is 2. The Morgan fingerprint density at radius 2 is 1.93 bits per heavy atom. The van der Waals surface area contributed by atoms with Crippen LogP contribution in [0.4, 0.5) is 5.69 Å². The number of aromatic nitrogens is 3. The van der Waals surface area contributed by atoms with Gasteiger partial charge in [0.15, 0.2) is 0 Å². The van der Waals surface area contributed by atoms with E-state index in [9.17, 15) is 19.5 Å². The summed E-state index contributed by atoms with van der Waals surface area (Å²) in [5.74, 6) is -2.27. The van der Waals surface area contributed by atoms with Crippen molar-refractivity contribution >= 4 is 34.4 Å². The summed E-state index contributed by atoms with van der Waals surface area (Å²) < 4.78 is 13.7. The van der Waals surface area contributed by atoms with Crippen LogP contribution in [-0.2, 0) is 25.8 Å². The Morgan fingerprint density at radius 3 is 2.66 bits per heavy atom. The highest BCUT2D eigenvalue weighted by molar-refractivity contribution is 6.02. The van der Waals surface area contributed by atoms with E-state index >= 15 is 0 Å². The van der Waals surface area contributed by atoms with Gasteiger partial charge in [-0.25, -0.2) is 4.68 Å². The van der Waals surface area contributed by atoms with E-state index < -0.39 is 35.0 Å². The van der Waals surface area contributed by atoms with E-state index in [4.69, 9.17) is 9.47 Å². The predicted molar refractivity (Wildman–Crippen MR) is 147 cm³/mol. The molecule has 3 N–H and O–H groups in total. The lowest BCUT2D eigenvalue weighted by Crippen LogP contribution is -2.56. The van der Waals surface area contributed by atoms with E-state index in [0.717, 1.165) is 5.52 Å². The van der Waals surface area contributed by atoms with Gasteiger partial charge in [-0.3, -0.25) is 14.4 Å². The molecule has 4 heterocycles. The second-order valence-corrected chi connectivity index (χ2v) is 11.2. The summed E-state index contributed by atoms with van der Waals surface area (Å²) in [5.41, 5.74) is -0.154. The first-order valence-electron chi connectivity index (χ1n) is 13.9. The molecule has 3 unspecified atom stereocenters. The second-order valence-electron chi connectivity index (χ2n) is 11.2. The van der Waals surface area contributed by atoms with Gasteiger partial charge in [0.1, 0.15) is 29.6 Å². The van der Waals surface area contributed by atoms with Crippen molar-refractivity contribution < 1.29 is 29.0 Å². The maximum atomic E-state index is 13.9. The number of nitrogens with zero attached hydrogens (tertiary/aromatic N) is 4. The third-order valence-corrected chi connectivity index (χ3v) is 8.94. The van der Waals surface area contributed by atoms with Crippen LogP contribution in [-0.4, -0.2) is 79.7 Å². The number of likely N-dealkylation sites (tertiary alicyclic amines) is 1. The molecule has 6 atom stereocenters. The van der Waals surface area contributed by atoms with Crippen molar-refractivity contribution in [3.63, 3.8) is 0 Å². The lowest BCUT2D eigenvalue weighted by molar-refractivity contribution is -0.146. The van der Waals surface area contributed by atoms with Crippen LogP contribution >= 0.6 is 0 Å². The fraction of sp³-hybridized carbons (Fsp3) is 0.483. The van der Waals surface area contributed by atoms with Crippen LogP contribution in [0.25, 0.3) is 11.0 Å². The topological polar surface area (TPSA) is 148 Å². The van der Waals surface area contributed by atoms with Gasteiger partial charge in [0, 0.05) is 12.2 Å². The molecule has 3 saturated heterocycles. The molecule has 2 bridgehead atoms. The summed E-state index contributed by atoms with van der Waals surface area (Å²) in [5, 5.41) is 23.9. The summed E-state index contributed by atoms with van der Waals surface area (Å²) in [6, 6.07) is 13.4. The molecule has 12 nitrogen and oxygen atoms in total. The molecule has 0 radical (unpaired) electrons. The molecule has 12 heteroatoms. The molecular formula is C29H34N6O6. The third-order valence-electron chi connectivity index (χ3n) is 8.94. The van der Waals surface area contributed by atoms with Gasteiger partial charge in [-0.05, 0) is 62.6 Å². The molecule has 0 saturated carbocycles. The second kappa shape index (κ2) is 10.1. The molecular weight excluding hydrogens is 528 g/mol. The number of β-amino-alcohol motifs (C(OH)–C–C–N with tert-alkyl or cyclic N) is 1. The van der Waals surface area contributed by atoms with E-state index in [0.29, 0.717) is 30.0 Å². The number of fused-ring (bicyclic) bond motifs is 2. The molecule has 3 fully saturated rings. The maximum Gasteiger partial charge on any atom is 0.247 e. The third kappa shape index (κ3) is 4.15. The molecule has 6 rings (SSSR count). The minimum absolute atomic E-state index is 0.0340. The van der Waals surface area contributed by atoms with E-state index in [1.165, 1.54) is 4.90 Å². The molecule has 3 aliphatic rings. The van der Waals surface area contributed by atoms with Crippen LogP contribution in [0.3, 0.4) is 0 Å². The number of hydrogen-bond acceptors (Lipinski definition) is 8. The van der Waals surface area contributed by atoms with E-state index in [1.807, 2.05) is 45.0 Å². The molecule has 1 aromatic heterocycles. The predicted octanol–water partition coefficient (Wildman–Crippen LogP) is 1.55. The number of anilines is 1. The Bertz CT molecular complexity index is 1490.